The van der Waals surface area contributed by atoms with E-state index in [-0.39, 0.29) is 30.4 Å². The Balaban J connectivity index is 1.73. The fraction of sp³-hybridized carbons (Fsp3) is 0.150. The van der Waals surface area contributed by atoms with E-state index < -0.39 is 11.7 Å². The highest BCUT2D eigenvalue weighted by atomic mass is 19.4. The molecule has 0 spiro atoms. The lowest BCUT2D eigenvalue weighted by atomic mass is 10.1. The van der Waals surface area contributed by atoms with Crippen molar-refractivity contribution in [1.29, 1.82) is 0 Å². The minimum atomic E-state index is -4.45. The van der Waals surface area contributed by atoms with E-state index in [0.717, 1.165) is 17.7 Å². The Morgan fingerprint density at radius 2 is 1.79 bits per heavy atom. The molecule has 0 atom stereocenters. The number of aliphatic hydroxyl groups excluding tert-OH is 1. The molecule has 0 saturated carbocycles. The first kappa shape index (κ1) is 19.5. The number of Topliss-reactive ketones (excluding diaryl/α,β-unsaturated/α-hetero) is 1. The second-order valence-electron chi connectivity index (χ2n) is 5.81. The Morgan fingerprint density at radius 3 is 2.39 bits per heavy atom. The maximum atomic E-state index is 12.6. The number of nitrogens with zero attached hydrogens (tertiary/aromatic N) is 2. The van der Waals surface area contributed by atoms with E-state index >= 15 is 0 Å². The van der Waals surface area contributed by atoms with Gasteiger partial charge in [0.15, 0.2) is 5.78 Å². The van der Waals surface area contributed by atoms with Crippen LogP contribution in [0.5, 0.6) is 11.6 Å². The normalized spacial score (nSPS) is 11.3. The number of carbonyl (C=O) groups excluding carboxylic acids is 1. The van der Waals surface area contributed by atoms with Crippen molar-refractivity contribution in [3.63, 3.8) is 0 Å². The van der Waals surface area contributed by atoms with E-state index in [1.165, 1.54) is 0 Å². The van der Waals surface area contributed by atoms with E-state index in [2.05, 4.69) is 9.97 Å². The van der Waals surface area contributed by atoms with E-state index in [1.807, 2.05) is 0 Å². The van der Waals surface area contributed by atoms with E-state index in [0.29, 0.717) is 17.6 Å². The van der Waals surface area contributed by atoms with Gasteiger partial charge in [-0.3, -0.25) is 4.79 Å². The molecule has 5 nitrogen and oxygen atoms in total. The summed E-state index contributed by atoms with van der Waals surface area (Å²) in [4.78, 5) is 19.8. The molecule has 0 radical (unpaired) electrons. The lowest BCUT2D eigenvalue weighted by Gasteiger charge is -2.09. The van der Waals surface area contributed by atoms with E-state index in [9.17, 15) is 18.0 Å². The van der Waals surface area contributed by atoms with Crippen molar-refractivity contribution in [3.8, 4) is 22.9 Å². The van der Waals surface area contributed by atoms with Gasteiger partial charge < -0.3 is 9.84 Å². The van der Waals surface area contributed by atoms with Gasteiger partial charge >= 0.3 is 6.18 Å². The summed E-state index contributed by atoms with van der Waals surface area (Å²) in [6, 6.07) is 13.7. The predicted molar refractivity (Wildman–Crippen MR) is 95.0 cm³/mol. The molecule has 0 unspecified atom stereocenters. The number of halogens is 3. The summed E-state index contributed by atoms with van der Waals surface area (Å²) in [6.07, 6.45) is -3.74. The second kappa shape index (κ2) is 8.18. The van der Waals surface area contributed by atoms with Gasteiger partial charge in [-0.15, -0.1) is 0 Å². The standard InChI is InChI=1S/C20H15F3N2O3/c21-20(22,23)14-6-9-19(24-12-14)28-15-7-4-13(5-8-15)16-2-1-3-17(25-16)18(27)10-11-26/h1-9,12,26H,10-11H2. The number of aromatic nitrogens is 2. The number of benzene rings is 1. The molecule has 2 aromatic heterocycles. The zero-order chi connectivity index (χ0) is 20.1. The number of pyridine rings is 2. The molecule has 0 bridgehead atoms. The highest BCUT2D eigenvalue weighted by Crippen LogP contribution is 2.30. The zero-order valence-corrected chi connectivity index (χ0v) is 14.5. The van der Waals surface area contributed by atoms with Gasteiger partial charge in [-0.1, -0.05) is 6.07 Å². The molecule has 1 N–H and O–H groups in total. The summed E-state index contributed by atoms with van der Waals surface area (Å²) < 4.78 is 43.1. The Bertz CT molecular complexity index is 956. The number of alkyl halides is 3. The van der Waals surface area contributed by atoms with Crippen molar-refractivity contribution in [2.45, 2.75) is 12.6 Å². The number of aliphatic hydroxyl groups is 1. The van der Waals surface area contributed by atoms with Crippen molar-refractivity contribution in [1.82, 2.24) is 9.97 Å². The van der Waals surface area contributed by atoms with Crippen molar-refractivity contribution < 1.29 is 27.8 Å². The number of hydrogen-bond acceptors (Lipinski definition) is 5. The Kier molecular flexibility index (Phi) is 5.70. The Hall–Kier alpha value is -3.26. The molecular formula is C20H15F3N2O3. The van der Waals surface area contributed by atoms with Crippen LogP contribution in [0.3, 0.4) is 0 Å². The number of carbonyl (C=O) groups is 1. The van der Waals surface area contributed by atoms with Crippen molar-refractivity contribution >= 4 is 5.78 Å². The molecule has 0 aliphatic carbocycles. The average Bonchev–Trinajstić information content (AvgIpc) is 2.69. The number of ketones is 1. The highest BCUT2D eigenvalue weighted by molar-refractivity contribution is 5.94. The molecule has 0 saturated heterocycles. The van der Waals surface area contributed by atoms with Gasteiger partial charge in [0, 0.05) is 24.2 Å². The van der Waals surface area contributed by atoms with Crippen LogP contribution in [0.25, 0.3) is 11.3 Å². The summed E-state index contributed by atoms with van der Waals surface area (Å²) in [7, 11) is 0. The van der Waals surface area contributed by atoms with Crippen LogP contribution < -0.4 is 4.74 Å². The molecule has 144 valence electrons. The highest BCUT2D eigenvalue weighted by Gasteiger charge is 2.30. The average molecular weight is 388 g/mol. The quantitative estimate of drug-likeness (QED) is 0.629. The fourth-order valence-electron chi connectivity index (χ4n) is 2.40. The molecule has 1 aromatic carbocycles. The molecule has 0 fully saturated rings. The van der Waals surface area contributed by atoms with Crippen LogP contribution in [0.4, 0.5) is 13.2 Å². The summed E-state index contributed by atoms with van der Waals surface area (Å²) in [5.74, 6) is 0.177. The molecule has 0 aliphatic rings. The molecule has 3 aromatic rings. The van der Waals surface area contributed by atoms with E-state index in [1.54, 1.807) is 42.5 Å². The SMILES string of the molecule is O=C(CCO)c1cccc(-c2ccc(Oc3ccc(C(F)(F)F)cn3)cc2)n1. The molecule has 3 rings (SSSR count). The van der Waals surface area contributed by atoms with Crippen LogP contribution in [-0.2, 0) is 6.18 Å². The van der Waals surface area contributed by atoms with Crippen LogP contribution in [0.15, 0.2) is 60.8 Å². The zero-order valence-electron chi connectivity index (χ0n) is 14.5. The van der Waals surface area contributed by atoms with Crippen LogP contribution in [0.1, 0.15) is 22.5 Å². The van der Waals surface area contributed by atoms with Gasteiger partial charge in [0.1, 0.15) is 11.4 Å². The number of hydrogen-bond donors (Lipinski definition) is 1. The third-order valence-electron chi connectivity index (χ3n) is 3.81. The maximum Gasteiger partial charge on any atom is 0.417 e. The van der Waals surface area contributed by atoms with Crippen molar-refractivity contribution in [2.24, 2.45) is 0 Å². The smallest absolute Gasteiger partial charge is 0.417 e. The first-order valence-corrected chi connectivity index (χ1v) is 8.29. The summed E-state index contributed by atoms with van der Waals surface area (Å²) in [5, 5.41) is 8.87. The first-order chi connectivity index (χ1) is 13.4. The van der Waals surface area contributed by atoms with Gasteiger partial charge in [0.05, 0.1) is 17.9 Å². The summed E-state index contributed by atoms with van der Waals surface area (Å²) in [5.41, 5.74) is 0.715. The van der Waals surface area contributed by atoms with Crippen LogP contribution in [0.2, 0.25) is 0 Å². The molecule has 0 aliphatic heterocycles. The largest absolute Gasteiger partial charge is 0.439 e. The lowest BCUT2D eigenvalue weighted by Crippen LogP contribution is -2.05. The van der Waals surface area contributed by atoms with Gasteiger partial charge in [-0.2, -0.15) is 13.2 Å². The van der Waals surface area contributed by atoms with Gasteiger partial charge in [0.2, 0.25) is 5.88 Å². The maximum absolute atomic E-state index is 12.6. The second-order valence-corrected chi connectivity index (χ2v) is 5.81. The lowest BCUT2D eigenvalue weighted by molar-refractivity contribution is -0.137. The topological polar surface area (TPSA) is 72.3 Å². The van der Waals surface area contributed by atoms with E-state index in [4.69, 9.17) is 9.84 Å². The molecule has 8 heteroatoms. The Labute approximate surface area is 158 Å². The molecule has 2 heterocycles. The van der Waals surface area contributed by atoms with Crippen LogP contribution >= 0.6 is 0 Å². The van der Waals surface area contributed by atoms with Gasteiger partial charge in [-0.25, -0.2) is 9.97 Å². The molecular weight excluding hydrogens is 373 g/mol. The first-order valence-electron chi connectivity index (χ1n) is 8.29. The number of ether oxygens (including phenoxy) is 1. The summed E-state index contributed by atoms with van der Waals surface area (Å²) in [6.45, 7) is -0.241. The molecule has 28 heavy (non-hydrogen) atoms. The third-order valence-corrected chi connectivity index (χ3v) is 3.81. The number of rotatable bonds is 6. The van der Waals surface area contributed by atoms with Crippen LogP contribution in [-0.4, -0.2) is 27.5 Å². The van der Waals surface area contributed by atoms with Crippen molar-refractivity contribution in [3.05, 3.63) is 72.1 Å². The van der Waals surface area contributed by atoms with Crippen molar-refractivity contribution in [2.75, 3.05) is 6.61 Å². The predicted octanol–water partition coefficient (Wildman–Crippen LogP) is 4.52. The minimum Gasteiger partial charge on any atom is -0.439 e. The van der Waals surface area contributed by atoms with Gasteiger partial charge in [-0.05, 0) is 42.5 Å². The third kappa shape index (κ3) is 4.72. The monoisotopic (exact) mass is 388 g/mol. The van der Waals surface area contributed by atoms with Crippen LogP contribution in [0, 0.1) is 0 Å². The van der Waals surface area contributed by atoms with Gasteiger partial charge in [0.25, 0.3) is 0 Å². The fourth-order valence-corrected chi connectivity index (χ4v) is 2.40. The summed E-state index contributed by atoms with van der Waals surface area (Å²) >= 11 is 0. The Morgan fingerprint density at radius 1 is 1.04 bits per heavy atom. The molecule has 0 amide bonds. The minimum absolute atomic E-state index is 0.00333.